The van der Waals surface area contributed by atoms with Gasteiger partial charge in [-0.3, -0.25) is 14.4 Å². The summed E-state index contributed by atoms with van der Waals surface area (Å²) in [4.78, 5) is 14.4. The summed E-state index contributed by atoms with van der Waals surface area (Å²) in [5, 5.41) is 7.42. The predicted molar refractivity (Wildman–Crippen MR) is 88.0 cm³/mol. The van der Waals surface area contributed by atoms with Crippen molar-refractivity contribution in [2.24, 2.45) is 0 Å². The van der Waals surface area contributed by atoms with E-state index in [1.54, 1.807) is 6.20 Å². The number of aromatic nitrogens is 2. The van der Waals surface area contributed by atoms with Crippen LogP contribution in [0.1, 0.15) is 38.5 Å². The van der Waals surface area contributed by atoms with E-state index in [-0.39, 0.29) is 12.0 Å². The molecule has 0 aromatic carbocycles. The Balaban J connectivity index is 1.36. The van der Waals surface area contributed by atoms with Crippen molar-refractivity contribution < 1.29 is 9.53 Å². The maximum atomic E-state index is 12.1. The SMILES string of the molecule is O=C(CCN1CCO[C@@H](Cn2cccn2)C1)NC1CCCCC1. The van der Waals surface area contributed by atoms with Gasteiger partial charge in [0.25, 0.3) is 0 Å². The second-order valence-corrected chi connectivity index (χ2v) is 6.67. The number of amides is 1. The van der Waals surface area contributed by atoms with E-state index in [1.807, 2.05) is 16.9 Å². The molecule has 6 heteroatoms. The molecule has 0 unspecified atom stereocenters. The van der Waals surface area contributed by atoms with Crippen molar-refractivity contribution in [3.05, 3.63) is 18.5 Å². The summed E-state index contributed by atoms with van der Waals surface area (Å²) in [6, 6.07) is 2.34. The van der Waals surface area contributed by atoms with Gasteiger partial charge in [-0.1, -0.05) is 19.3 Å². The standard InChI is InChI=1S/C17H28N4O2/c22-17(19-15-5-2-1-3-6-15)7-10-20-11-12-23-16(13-20)14-21-9-4-8-18-21/h4,8-9,15-16H,1-3,5-7,10-14H2,(H,19,22)/t16-/m1/s1. The van der Waals surface area contributed by atoms with Crippen LogP contribution in [-0.2, 0) is 16.1 Å². The highest BCUT2D eigenvalue weighted by Crippen LogP contribution is 2.17. The molecule has 128 valence electrons. The largest absolute Gasteiger partial charge is 0.374 e. The van der Waals surface area contributed by atoms with Crippen LogP contribution in [0.3, 0.4) is 0 Å². The van der Waals surface area contributed by atoms with Crippen molar-refractivity contribution in [2.75, 3.05) is 26.2 Å². The van der Waals surface area contributed by atoms with Crippen molar-refractivity contribution in [2.45, 2.75) is 57.2 Å². The van der Waals surface area contributed by atoms with Gasteiger partial charge in [0.05, 0.1) is 19.3 Å². The molecule has 1 saturated carbocycles. The zero-order chi connectivity index (χ0) is 15.9. The molecule has 2 heterocycles. The fourth-order valence-corrected chi connectivity index (χ4v) is 3.52. The third-order valence-electron chi connectivity index (χ3n) is 4.80. The monoisotopic (exact) mass is 320 g/mol. The molecule has 1 saturated heterocycles. The number of hydrogen-bond acceptors (Lipinski definition) is 4. The maximum Gasteiger partial charge on any atom is 0.221 e. The van der Waals surface area contributed by atoms with Crippen LogP contribution in [0, 0.1) is 0 Å². The molecule has 1 atom stereocenters. The fourth-order valence-electron chi connectivity index (χ4n) is 3.52. The first-order valence-electron chi connectivity index (χ1n) is 8.90. The second kappa shape index (κ2) is 8.45. The zero-order valence-electron chi connectivity index (χ0n) is 13.8. The van der Waals surface area contributed by atoms with Gasteiger partial charge in [0.15, 0.2) is 0 Å². The molecule has 1 amide bonds. The minimum absolute atomic E-state index is 0.157. The highest BCUT2D eigenvalue weighted by Gasteiger charge is 2.22. The summed E-state index contributed by atoms with van der Waals surface area (Å²) in [5.74, 6) is 0.201. The number of carbonyl (C=O) groups excluding carboxylic acids is 1. The average molecular weight is 320 g/mol. The Morgan fingerprint density at radius 1 is 1.30 bits per heavy atom. The van der Waals surface area contributed by atoms with E-state index in [9.17, 15) is 4.79 Å². The first-order valence-corrected chi connectivity index (χ1v) is 8.90. The summed E-state index contributed by atoms with van der Waals surface area (Å²) in [6.45, 7) is 4.11. The van der Waals surface area contributed by atoms with Crippen LogP contribution in [0.2, 0.25) is 0 Å². The number of carbonyl (C=O) groups is 1. The smallest absolute Gasteiger partial charge is 0.221 e. The van der Waals surface area contributed by atoms with Gasteiger partial charge < -0.3 is 10.1 Å². The molecule has 0 bridgehead atoms. The van der Waals surface area contributed by atoms with E-state index in [0.717, 1.165) is 45.6 Å². The van der Waals surface area contributed by atoms with Crippen LogP contribution in [-0.4, -0.2) is 59.0 Å². The molecular formula is C17H28N4O2. The Labute approximate surface area is 138 Å². The van der Waals surface area contributed by atoms with Crippen molar-refractivity contribution in [1.29, 1.82) is 0 Å². The summed E-state index contributed by atoms with van der Waals surface area (Å²) < 4.78 is 7.71. The molecule has 2 aliphatic rings. The molecule has 1 N–H and O–H groups in total. The third-order valence-corrected chi connectivity index (χ3v) is 4.80. The number of nitrogens with zero attached hydrogens (tertiary/aromatic N) is 3. The fraction of sp³-hybridized carbons (Fsp3) is 0.765. The first-order chi connectivity index (χ1) is 11.3. The number of rotatable bonds is 6. The quantitative estimate of drug-likeness (QED) is 0.861. The van der Waals surface area contributed by atoms with Crippen LogP contribution < -0.4 is 5.32 Å². The van der Waals surface area contributed by atoms with E-state index in [0.29, 0.717) is 12.5 Å². The zero-order valence-corrected chi connectivity index (χ0v) is 13.8. The summed E-state index contributed by atoms with van der Waals surface area (Å²) in [5.41, 5.74) is 0. The van der Waals surface area contributed by atoms with Crippen molar-refractivity contribution in [3.8, 4) is 0 Å². The molecule has 23 heavy (non-hydrogen) atoms. The number of nitrogens with one attached hydrogen (secondary N) is 1. The molecule has 1 aromatic rings. The average Bonchev–Trinajstić information content (AvgIpc) is 3.07. The predicted octanol–water partition coefficient (Wildman–Crippen LogP) is 1.42. The Hall–Kier alpha value is -1.40. The van der Waals surface area contributed by atoms with Gasteiger partial charge in [-0.05, 0) is 18.9 Å². The molecule has 0 spiro atoms. The number of hydrogen-bond donors (Lipinski definition) is 1. The van der Waals surface area contributed by atoms with Crippen LogP contribution in [0.25, 0.3) is 0 Å². The summed E-state index contributed by atoms with van der Waals surface area (Å²) in [7, 11) is 0. The lowest BCUT2D eigenvalue weighted by Crippen LogP contribution is -2.46. The molecule has 0 radical (unpaired) electrons. The molecule has 1 aromatic heterocycles. The van der Waals surface area contributed by atoms with Gasteiger partial charge in [-0.2, -0.15) is 5.10 Å². The first kappa shape index (κ1) is 16.5. The van der Waals surface area contributed by atoms with Gasteiger partial charge in [0.2, 0.25) is 5.91 Å². The molecular weight excluding hydrogens is 292 g/mol. The van der Waals surface area contributed by atoms with E-state index in [4.69, 9.17) is 4.74 Å². The van der Waals surface area contributed by atoms with Crippen LogP contribution in [0.15, 0.2) is 18.5 Å². The van der Waals surface area contributed by atoms with Crippen LogP contribution in [0.5, 0.6) is 0 Å². The molecule has 6 nitrogen and oxygen atoms in total. The minimum Gasteiger partial charge on any atom is -0.374 e. The van der Waals surface area contributed by atoms with Crippen molar-refractivity contribution >= 4 is 5.91 Å². The number of morpholine rings is 1. The van der Waals surface area contributed by atoms with Gasteiger partial charge in [0, 0.05) is 44.5 Å². The third kappa shape index (κ3) is 5.32. The normalized spacial score (nSPS) is 23.7. The Bertz CT molecular complexity index is 471. The summed E-state index contributed by atoms with van der Waals surface area (Å²) >= 11 is 0. The highest BCUT2D eigenvalue weighted by molar-refractivity contribution is 5.76. The highest BCUT2D eigenvalue weighted by atomic mass is 16.5. The Morgan fingerprint density at radius 2 is 2.17 bits per heavy atom. The van der Waals surface area contributed by atoms with Gasteiger partial charge in [-0.15, -0.1) is 0 Å². The lowest BCUT2D eigenvalue weighted by molar-refractivity contribution is -0.122. The lowest BCUT2D eigenvalue weighted by Gasteiger charge is -2.33. The van der Waals surface area contributed by atoms with Crippen molar-refractivity contribution in [3.63, 3.8) is 0 Å². The van der Waals surface area contributed by atoms with E-state index < -0.39 is 0 Å². The van der Waals surface area contributed by atoms with E-state index in [2.05, 4.69) is 15.3 Å². The van der Waals surface area contributed by atoms with Crippen LogP contribution in [0.4, 0.5) is 0 Å². The molecule has 2 fully saturated rings. The van der Waals surface area contributed by atoms with E-state index in [1.165, 1.54) is 19.3 Å². The summed E-state index contributed by atoms with van der Waals surface area (Å²) in [6.07, 6.45) is 10.6. The van der Waals surface area contributed by atoms with Gasteiger partial charge >= 0.3 is 0 Å². The van der Waals surface area contributed by atoms with Crippen LogP contribution >= 0.6 is 0 Å². The molecule has 1 aliphatic carbocycles. The molecule has 3 rings (SSSR count). The Morgan fingerprint density at radius 3 is 2.96 bits per heavy atom. The second-order valence-electron chi connectivity index (χ2n) is 6.67. The topological polar surface area (TPSA) is 59.4 Å². The lowest BCUT2D eigenvalue weighted by atomic mass is 9.95. The number of ether oxygens (including phenoxy) is 1. The van der Waals surface area contributed by atoms with E-state index >= 15 is 0 Å². The van der Waals surface area contributed by atoms with Gasteiger partial charge in [-0.25, -0.2) is 0 Å². The minimum atomic E-state index is 0.157. The molecule has 1 aliphatic heterocycles. The van der Waals surface area contributed by atoms with Gasteiger partial charge in [0.1, 0.15) is 0 Å². The Kier molecular flexibility index (Phi) is 6.05. The maximum absolute atomic E-state index is 12.1. The van der Waals surface area contributed by atoms with Crippen molar-refractivity contribution in [1.82, 2.24) is 20.0 Å².